The maximum absolute atomic E-state index is 11.6. The SMILES string of the molecule is CCc1ccc(N2CC(CC(=O)O)OC2=O)cc1. The maximum Gasteiger partial charge on any atom is 0.414 e. The number of ether oxygens (including phenoxy) is 1. The molecule has 5 heteroatoms. The minimum Gasteiger partial charge on any atom is -0.481 e. The van der Waals surface area contributed by atoms with E-state index in [-0.39, 0.29) is 13.0 Å². The molecule has 0 bridgehead atoms. The molecule has 1 N–H and O–H groups in total. The zero-order valence-electron chi connectivity index (χ0n) is 10.1. The lowest BCUT2D eigenvalue weighted by Crippen LogP contribution is -2.25. The molecule has 1 saturated heterocycles. The molecule has 2 rings (SSSR count). The van der Waals surface area contributed by atoms with Gasteiger partial charge < -0.3 is 9.84 Å². The van der Waals surface area contributed by atoms with Crippen LogP contribution < -0.4 is 4.90 Å². The summed E-state index contributed by atoms with van der Waals surface area (Å²) in [5.41, 5.74) is 1.93. The lowest BCUT2D eigenvalue weighted by molar-refractivity contribution is -0.138. The number of nitrogens with zero attached hydrogens (tertiary/aromatic N) is 1. The van der Waals surface area contributed by atoms with Crippen molar-refractivity contribution in [3.8, 4) is 0 Å². The summed E-state index contributed by atoms with van der Waals surface area (Å²) in [5.74, 6) is -0.962. The van der Waals surface area contributed by atoms with Crippen molar-refractivity contribution in [2.45, 2.75) is 25.9 Å². The Kier molecular flexibility index (Phi) is 3.50. The first-order chi connectivity index (χ1) is 8.60. The van der Waals surface area contributed by atoms with E-state index in [9.17, 15) is 9.59 Å². The monoisotopic (exact) mass is 249 g/mol. The maximum atomic E-state index is 11.6. The molecule has 1 heterocycles. The van der Waals surface area contributed by atoms with Gasteiger partial charge in [-0.3, -0.25) is 9.69 Å². The van der Waals surface area contributed by atoms with E-state index in [0.717, 1.165) is 12.1 Å². The molecule has 18 heavy (non-hydrogen) atoms. The fraction of sp³-hybridized carbons (Fsp3) is 0.385. The number of carboxylic acids is 1. The van der Waals surface area contributed by atoms with Crippen LogP contribution in [0.15, 0.2) is 24.3 Å². The second kappa shape index (κ2) is 5.08. The number of carbonyl (C=O) groups is 2. The summed E-state index contributed by atoms with van der Waals surface area (Å²) in [6.45, 7) is 2.35. The van der Waals surface area contributed by atoms with Crippen molar-refractivity contribution >= 4 is 17.7 Å². The Balaban J connectivity index is 2.08. The fourth-order valence-electron chi connectivity index (χ4n) is 1.95. The zero-order chi connectivity index (χ0) is 13.1. The first kappa shape index (κ1) is 12.4. The van der Waals surface area contributed by atoms with E-state index in [1.165, 1.54) is 10.5 Å². The highest BCUT2D eigenvalue weighted by Gasteiger charge is 2.33. The standard InChI is InChI=1S/C13H15NO4/c1-2-9-3-5-10(6-4-9)14-8-11(7-12(15)16)18-13(14)17/h3-6,11H,2,7-8H2,1H3,(H,15,16). The van der Waals surface area contributed by atoms with Gasteiger partial charge in [-0.2, -0.15) is 0 Å². The zero-order valence-corrected chi connectivity index (χ0v) is 10.1. The smallest absolute Gasteiger partial charge is 0.414 e. The molecule has 0 aliphatic carbocycles. The van der Waals surface area contributed by atoms with Crippen LogP contribution in [0, 0.1) is 0 Å². The molecule has 1 aromatic carbocycles. The van der Waals surface area contributed by atoms with Crippen LogP contribution in [0.1, 0.15) is 18.9 Å². The number of rotatable bonds is 4. The molecule has 1 atom stereocenters. The second-order valence-corrected chi connectivity index (χ2v) is 4.23. The predicted octanol–water partition coefficient (Wildman–Crippen LogP) is 2.05. The Hall–Kier alpha value is -2.04. The highest BCUT2D eigenvalue weighted by Crippen LogP contribution is 2.23. The Morgan fingerprint density at radius 1 is 1.44 bits per heavy atom. The fourth-order valence-corrected chi connectivity index (χ4v) is 1.95. The van der Waals surface area contributed by atoms with E-state index in [2.05, 4.69) is 6.92 Å². The Bertz CT molecular complexity index is 455. The lowest BCUT2D eigenvalue weighted by atomic mass is 10.1. The normalized spacial score (nSPS) is 18.8. The molecule has 1 fully saturated rings. The average molecular weight is 249 g/mol. The largest absolute Gasteiger partial charge is 0.481 e. The summed E-state index contributed by atoms with van der Waals surface area (Å²) in [6, 6.07) is 7.60. The number of hydrogen-bond acceptors (Lipinski definition) is 3. The van der Waals surface area contributed by atoms with Gasteiger partial charge in [0.05, 0.1) is 13.0 Å². The topological polar surface area (TPSA) is 66.8 Å². The number of amides is 1. The first-order valence-electron chi connectivity index (χ1n) is 5.89. The number of benzene rings is 1. The van der Waals surface area contributed by atoms with Crippen molar-refractivity contribution in [1.82, 2.24) is 0 Å². The van der Waals surface area contributed by atoms with Gasteiger partial charge in [0.25, 0.3) is 0 Å². The third-order valence-electron chi connectivity index (χ3n) is 2.93. The van der Waals surface area contributed by atoms with Gasteiger partial charge in [-0.1, -0.05) is 19.1 Å². The molecule has 1 aliphatic rings. The molecule has 1 amide bonds. The van der Waals surface area contributed by atoms with Crippen LogP contribution in [-0.4, -0.2) is 29.8 Å². The van der Waals surface area contributed by atoms with E-state index >= 15 is 0 Å². The van der Waals surface area contributed by atoms with Gasteiger partial charge in [0, 0.05) is 5.69 Å². The Morgan fingerprint density at radius 2 is 2.11 bits per heavy atom. The second-order valence-electron chi connectivity index (χ2n) is 4.23. The van der Waals surface area contributed by atoms with Crippen LogP contribution in [0.2, 0.25) is 0 Å². The van der Waals surface area contributed by atoms with Crippen LogP contribution in [0.4, 0.5) is 10.5 Å². The molecule has 1 unspecified atom stereocenters. The summed E-state index contributed by atoms with van der Waals surface area (Å²) in [6.07, 6.45) is -0.270. The van der Waals surface area contributed by atoms with E-state index in [0.29, 0.717) is 0 Å². The minimum atomic E-state index is -0.962. The summed E-state index contributed by atoms with van der Waals surface area (Å²) >= 11 is 0. The van der Waals surface area contributed by atoms with Crippen LogP contribution in [0.3, 0.4) is 0 Å². The number of carbonyl (C=O) groups excluding carboxylic acids is 1. The molecule has 1 aromatic rings. The van der Waals surface area contributed by atoms with Crippen LogP contribution in [-0.2, 0) is 16.0 Å². The predicted molar refractivity (Wildman–Crippen MR) is 65.7 cm³/mol. The lowest BCUT2D eigenvalue weighted by Gasteiger charge is -2.13. The van der Waals surface area contributed by atoms with Gasteiger partial charge in [0.2, 0.25) is 0 Å². The van der Waals surface area contributed by atoms with Crippen molar-refractivity contribution in [1.29, 1.82) is 0 Å². The van der Waals surface area contributed by atoms with Crippen molar-refractivity contribution in [3.63, 3.8) is 0 Å². The highest BCUT2D eigenvalue weighted by molar-refractivity contribution is 5.90. The number of hydrogen-bond donors (Lipinski definition) is 1. The van der Waals surface area contributed by atoms with Gasteiger partial charge in [0.1, 0.15) is 6.10 Å². The highest BCUT2D eigenvalue weighted by atomic mass is 16.6. The van der Waals surface area contributed by atoms with Crippen molar-refractivity contribution < 1.29 is 19.4 Å². The molecular formula is C13H15NO4. The summed E-state index contributed by atoms with van der Waals surface area (Å²) in [5, 5.41) is 8.68. The van der Waals surface area contributed by atoms with E-state index < -0.39 is 18.2 Å². The number of carboxylic acid groups (broad SMARTS) is 1. The van der Waals surface area contributed by atoms with Gasteiger partial charge in [-0.25, -0.2) is 4.79 Å². The average Bonchev–Trinajstić information content (AvgIpc) is 2.69. The third-order valence-corrected chi connectivity index (χ3v) is 2.93. The van der Waals surface area contributed by atoms with Crippen molar-refractivity contribution in [2.24, 2.45) is 0 Å². The molecule has 0 spiro atoms. The molecule has 0 aromatic heterocycles. The van der Waals surface area contributed by atoms with Crippen LogP contribution >= 0.6 is 0 Å². The molecule has 96 valence electrons. The summed E-state index contributed by atoms with van der Waals surface area (Å²) in [7, 11) is 0. The number of anilines is 1. The van der Waals surface area contributed by atoms with Gasteiger partial charge in [0.15, 0.2) is 0 Å². The number of cyclic esters (lactones) is 1. The summed E-state index contributed by atoms with van der Waals surface area (Å²) in [4.78, 5) is 23.7. The Labute approximate surface area is 105 Å². The Morgan fingerprint density at radius 3 is 2.67 bits per heavy atom. The van der Waals surface area contributed by atoms with Crippen molar-refractivity contribution in [3.05, 3.63) is 29.8 Å². The molecular weight excluding hydrogens is 234 g/mol. The third kappa shape index (κ3) is 2.61. The van der Waals surface area contributed by atoms with Gasteiger partial charge >= 0.3 is 12.1 Å². The van der Waals surface area contributed by atoms with Crippen LogP contribution in [0.25, 0.3) is 0 Å². The molecule has 5 nitrogen and oxygen atoms in total. The number of aliphatic carboxylic acids is 1. The quantitative estimate of drug-likeness (QED) is 0.886. The first-order valence-corrected chi connectivity index (χ1v) is 5.89. The molecule has 1 aliphatic heterocycles. The minimum absolute atomic E-state index is 0.157. The number of aryl methyl sites for hydroxylation is 1. The van der Waals surface area contributed by atoms with E-state index in [1.807, 2.05) is 24.3 Å². The van der Waals surface area contributed by atoms with Crippen LogP contribution in [0.5, 0.6) is 0 Å². The van der Waals surface area contributed by atoms with Crippen molar-refractivity contribution in [2.75, 3.05) is 11.4 Å². The summed E-state index contributed by atoms with van der Waals surface area (Å²) < 4.78 is 5.00. The van der Waals surface area contributed by atoms with Gasteiger partial charge in [-0.15, -0.1) is 0 Å². The van der Waals surface area contributed by atoms with Gasteiger partial charge in [-0.05, 0) is 24.1 Å². The van der Waals surface area contributed by atoms with E-state index in [4.69, 9.17) is 9.84 Å². The molecule has 0 radical (unpaired) electrons. The van der Waals surface area contributed by atoms with E-state index in [1.54, 1.807) is 0 Å². The molecule has 0 saturated carbocycles.